The number of hydrogen-bond donors (Lipinski definition) is 0. The molecule has 1 aromatic heterocycles. The summed E-state index contributed by atoms with van der Waals surface area (Å²) in [7, 11) is 0. The maximum Gasteiger partial charge on any atom is 0.238 e. The summed E-state index contributed by atoms with van der Waals surface area (Å²) in [5, 5.41) is 0. The zero-order valence-electron chi connectivity index (χ0n) is 20.5. The number of anilines is 1. The van der Waals surface area contributed by atoms with E-state index in [4.69, 9.17) is 0 Å². The van der Waals surface area contributed by atoms with Gasteiger partial charge >= 0.3 is 0 Å². The number of thiazole rings is 1. The van der Waals surface area contributed by atoms with Crippen LogP contribution in [0.2, 0.25) is 0 Å². The molecule has 3 fully saturated rings. The number of carbonyl (C=O) groups excluding carboxylic acids is 3. The third-order valence-electron chi connectivity index (χ3n) is 8.72. The molecule has 2 heterocycles. The van der Waals surface area contributed by atoms with Crippen LogP contribution < -0.4 is 4.90 Å². The van der Waals surface area contributed by atoms with Crippen molar-refractivity contribution in [2.45, 2.75) is 48.8 Å². The van der Waals surface area contributed by atoms with Crippen LogP contribution in [0.25, 0.3) is 10.2 Å². The van der Waals surface area contributed by atoms with E-state index >= 15 is 0 Å². The largest absolute Gasteiger partial charge is 0.293 e. The molecule has 37 heavy (non-hydrogen) atoms. The van der Waals surface area contributed by atoms with E-state index in [1.807, 2.05) is 30.3 Å². The fourth-order valence-corrected chi connectivity index (χ4v) is 8.83. The molecule has 188 valence electrons. The third-order valence-corrected chi connectivity index (χ3v) is 10.9. The lowest BCUT2D eigenvalue weighted by molar-refractivity contribution is -0.123. The van der Waals surface area contributed by atoms with Crippen LogP contribution in [0.1, 0.15) is 60.4 Å². The normalized spacial score (nSPS) is 27.0. The standard InChI is InChI=1S/C30H28N2O3S2/c33-24(19-8-6-18(7-9-19)17-4-2-1-3-5-17)16-36-30-31-23-13-12-22(15-25(23)37-30)32-28(34)26-20-10-11-21(14-20)27(26)29(32)35/h6-13,15,17,20-21,26-27H,1-5,14,16H2/t20-,21-,26-,27+/m0/s1. The molecule has 2 saturated carbocycles. The summed E-state index contributed by atoms with van der Waals surface area (Å²) in [6.07, 6.45) is 11.6. The van der Waals surface area contributed by atoms with E-state index in [1.165, 1.54) is 65.7 Å². The van der Waals surface area contributed by atoms with Crippen LogP contribution in [-0.4, -0.2) is 28.3 Å². The maximum atomic E-state index is 13.2. The number of thioether (sulfide) groups is 1. The first-order chi connectivity index (χ1) is 18.1. The quantitative estimate of drug-likeness (QED) is 0.155. The summed E-state index contributed by atoms with van der Waals surface area (Å²) >= 11 is 2.95. The Morgan fingerprint density at radius 1 is 0.946 bits per heavy atom. The van der Waals surface area contributed by atoms with Crippen LogP contribution in [0, 0.1) is 23.7 Å². The highest BCUT2D eigenvalue weighted by Crippen LogP contribution is 2.53. The maximum absolute atomic E-state index is 13.2. The van der Waals surface area contributed by atoms with Gasteiger partial charge in [-0.3, -0.25) is 14.4 Å². The Labute approximate surface area is 224 Å². The molecule has 4 aliphatic rings. The van der Waals surface area contributed by atoms with Crippen LogP contribution in [0.5, 0.6) is 0 Å². The number of fused-ring (bicyclic) bond motifs is 6. The summed E-state index contributed by atoms with van der Waals surface area (Å²) in [4.78, 5) is 45.3. The summed E-state index contributed by atoms with van der Waals surface area (Å²) in [6, 6.07) is 13.8. The van der Waals surface area contributed by atoms with Crippen molar-refractivity contribution >= 4 is 56.6 Å². The molecule has 3 aromatic rings. The first-order valence-electron chi connectivity index (χ1n) is 13.3. The Balaban J connectivity index is 1.03. The van der Waals surface area contributed by atoms with Gasteiger partial charge in [-0.15, -0.1) is 11.3 Å². The van der Waals surface area contributed by atoms with Gasteiger partial charge in [0.15, 0.2) is 10.1 Å². The lowest BCUT2D eigenvalue weighted by atomic mass is 9.84. The van der Waals surface area contributed by atoms with E-state index in [-0.39, 0.29) is 41.3 Å². The molecular weight excluding hydrogens is 500 g/mol. The molecule has 2 amide bonds. The molecular formula is C30H28N2O3S2. The van der Waals surface area contributed by atoms with Crippen molar-refractivity contribution in [3.8, 4) is 0 Å². The molecule has 7 rings (SSSR count). The minimum absolute atomic E-state index is 0.0644. The van der Waals surface area contributed by atoms with Gasteiger partial charge in [0, 0.05) is 5.56 Å². The van der Waals surface area contributed by atoms with Crippen molar-refractivity contribution < 1.29 is 14.4 Å². The molecule has 2 aromatic carbocycles. The van der Waals surface area contributed by atoms with E-state index in [9.17, 15) is 14.4 Å². The van der Waals surface area contributed by atoms with Crippen LogP contribution >= 0.6 is 23.1 Å². The Morgan fingerprint density at radius 2 is 1.65 bits per heavy atom. The third kappa shape index (κ3) is 3.98. The molecule has 0 N–H and O–H groups in total. The minimum Gasteiger partial charge on any atom is -0.293 e. The van der Waals surface area contributed by atoms with Gasteiger partial charge in [-0.05, 0) is 60.8 Å². The number of allylic oxidation sites excluding steroid dienone is 2. The Morgan fingerprint density at radius 3 is 2.35 bits per heavy atom. The molecule has 2 bridgehead atoms. The van der Waals surface area contributed by atoms with Crippen molar-refractivity contribution in [3.63, 3.8) is 0 Å². The lowest BCUT2D eigenvalue weighted by Crippen LogP contribution is -2.32. The van der Waals surface area contributed by atoms with Crippen molar-refractivity contribution in [2.75, 3.05) is 10.7 Å². The Bertz CT molecular complexity index is 1410. The molecule has 4 atom stereocenters. The monoisotopic (exact) mass is 528 g/mol. The second-order valence-electron chi connectivity index (χ2n) is 10.8. The molecule has 3 aliphatic carbocycles. The molecule has 0 spiro atoms. The van der Waals surface area contributed by atoms with Gasteiger partial charge in [-0.25, -0.2) is 9.88 Å². The average molecular weight is 529 g/mol. The minimum atomic E-state index is -0.200. The highest BCUT2D eigenvalue weighted by molar-refractivity contribution is 8.01. The average Bonchev–Trinajstić information content (AvgIpc) is 3.70. The fraction of sp³-hybridized carbons (Fsp3) is 0.400. The zero-order chi connectivity index (χ0) is 25.1. The molecule has 0 radical (unpaired) electrons. The van der Waals surface area contributed by atoms with Crippen LogP contribution in [-0.2, 0) is 9.59 Å². The molecule has 1 aliphatic heterocycles. The van der Waals surface area contributed by atoms with Crippen molar-refractivity contribution in [1.29, 1.82) is 0 Å². The van der Waals surface area contributed by atoms with E-state index in [1.54, 1.807) is 0 Å². The van der Waals surface area contributed by atoms with Crippen LogP contribution in [0.15, 0.2) is 59.0 Å². The number of amides is 2. The van der Waals surface area contributed by atoms with Gasteiger partial charge in [0.2, 0.25) is 11.8 Å². The van der Waals surface area contributed by atoms with E-state index in [0.29, 0.717) is 17.4 Å². The van der Waals surface area contributed by atoms with E-state index < -0.39 is 0 Å². The van der Waals surface area contributed by atoms with Crippen molar-refractivity contribution in [1.82, 2.24) is 4.98 Å². The molecule has 0 unspecified atom stereocenters. The summed E-state index contributed by atoms with van der Waals surface area (Å²) in [5.41, 5.74) is 3.55. The Hall–Kier alpha value is -2.77. The predicted molar refractivity (Wildman–Crippen MR) is 147 cm³/mol. The number of rotatable bonds is 6. The number of benzene rings is 2. The highest BCUT2D eigenvalue weighted by atomic mass is 32.2. The number of nitrogens with zero attached hydrogens (tertiary/aromatic N) is 2. The number of imide groups is 1. The van der Waals surface area contributed by atoms with Gasteiger partial charge in [0.05, 0.1) is 33.5 Å². The van der Waals surface area contributed by atoms with Crippen molar-refractivity contribution in [2.24, 2.45) is 23.7 Å². The smallest absolute Gasteiger partial charge is 0.238 e. The lowest BCUT2D eigenvalue weighted by Gasteiger charge is -2.22. The summed E-state index contributed by atoms with van der Waals surface area (Å²) in [5.74, 6) is 0.941. The van der Waals surface area contributed by atoms with Gasteiger partial charge in [-0.2, -0.15) is 0 Å². The second kappa shape index (κ2) is 9.21. The molecule has 1 saturated heterocycles. The van der Waals surface area contributed by atoms with E-state index in [2.05, 4.69) is 29.3 Å². The highest BCUT2D eigenvalue weighted by Gasteiger charge is 2.59. The number of aromatic nitrogens is 1. The van der Waals surface area contributed by atoms with Gasteiger partial charge in [-0.1, -0.05) is 67.4 Å². The first kappa shape index (κ1) is 23.4. The SMILES string of the molecule is O=C(CSc1nc2ccc(N3C(=O)[C@@H]4[C@H](C3=O)[C@H]3C=C[C@H]4C3)cc2s1)c1ccc(C2CCCCC2)cc1. The summed E-state index contributed by atoms with van der Waals surface area (Å²) < 4.78 is 1.74. The topological polar surface area (TPSA) is 67.3 Å². The first-order valence-corrected chi connectivity index (χ1v) is 15.1. The predicted octanol–water partition coefficient (Wildman–Crippen LogP) is 6.63. The molecule has 7 heteroatoms. The van der Waals surface area contributed by atoms with Crippen LogP contribution in [0.4, 0.5) is 5.69 Å². The number of hydrogen-bond acceptors (Lipinski definition) is 6. The Kier molecular flexibility index (Phi) is 5.81. The van der Waals surface area contributed by atoms with Gasteiger partial charge in [0.25, 0.3) is 0 Å². The summed E-state index contributed by atoms with van der Waals surface area (Å²) in [6.45, 7) is 0. The number of carbonyl (C=O) groups is 3. The van der Waals surface area contributed by atoms with Gasteiger partial charge < -0.3 is 0 Å². The number of ketones is 1. The zero-order valence-corrected chi connectivity index (χ0v) is 22.1. The fourth-order valence-electron chi connectivity index (χ4n) is 6.84. The molecule has 5 nitrogen and oxygen atoms in total. The van der Waals surface area contributed by atoms with Gasteiger partial charge in [0.1, 0.15) is 0 Å². The van der Waals surface area contributed by atoms with Crippen molar-refractivity contribution in [3.05, 3.63) is 65.7 Å². The number of Topliss-reactive ketones (excluding diaryl/α,β-unsaturated/α-hetero) is 1. The van der Waals surface area contributed by atoms with E-state index in [0.717, 1.165) is 26.5 Å². The van der Waals surface area contributed by atoms with Crippen LogP contribution in [0.3, 0.4) is 0 Å². The second-order valence-corrected chi connectivity index (χ2v) is 13.1.